The van der Waals surface area contributed by atoms with Gasteiger partial charge in [0.05, 0.1) is 5.69 Å². The molecule has 128 valence electrons. The van der Waals surface area contributed by atoms with E-state index in [1.54, 1.807) is 12.1 Å². The van der Waals surface area contributed by atoms with E-state index < -0.39 is 0 Å². The third kappa shape index (κ3) is 4.41. The Hall–Kier alpha value is -1.76. The summed E-state index contributed by atoms with van der Waals surface area (Å²) in [6.07, 6.45) is 2.57. The van der Waals surface area contributed by atoms with Crippen molar-refractivity contribution >= 4 is 22.4 Å². The maximum atomic E-state index is 12.3. The molecule has 0 aliphatic carbocycles. The van der Waals surface area contributed by atoms with Gasteiger partial charge >= 0.3 is 0 Å². The lowest BCUT2D eigenvalue weighted by molar-refractivity contribution is 0.102. The van der Waals surface area contributed by atoms with Crippen molar-refractivity contribution in [1.29, 1.82) is 0 Å². The first-order valence-corrected chi connectivity index (χ1v) is 9.29. The third-order valence-corrected chi connectivity index (χ3v) is 5.16. The molecule has 1 aliphatic heterocycles. The summed E-state index contributed by atoms with van der Waals surface area (Å²) < 4.78 is 0. The quantitative estimate of drug-likeness (QED) is 0.874. The van der Waals surface area contributed by atoms with Crippen molar-refractivity contribution in [3.8, 4) is 0 Å². The number of hydrogen-bond acceptors (Lipinski definition) is 5. The number of rotatable bonds is 5. The van der Waals surface area contributed by atoms with Crippen LogP contribution in [0, 0.1) is 5.92 Å². The fourth-order valence-corrected chi connectivity index (χ4v) is 3.75. The molecule has 3 N–H and O–H groups in total. The lowest BCUT2D eigenvalue weighted by Crippen LogP contribution is -2.33. The van der Waals surface area contributed by atoms with E-state index in [0.29, 0.717) is 17.2 Å². The molecule has 1 aromatic heterocycles. The molecule has 1 aliphatic rings. The number of thiazole rings is 1. The lowest BCUT2D eigenvalue weighted by Gasteiger charge is -2.30. The largest absolute Gasteiger partial charge is 0.326 e. The minimum Gasteiger partial charge on any atom is -0.326 e. The number of aromatic nitrogens is 1. The molecule has 2 heterocycles. The second-order valence-electron chi connectivity index (χ2n) is 6.48. The molecule has 3 rings (SSSR count). The summed E-state index contributed by atoms with van der Waals surface area (Å²) >= 11 is 1.48. The maximum absolute atomic E-state index is 12.3. The first-order valence-electron chi connectivity index (χ1n) is 8.41. The number of nitrogens with zero attached hydrogens (tertiary/aromatic N) is 2. The number of benzene rings is 1. The van der Waals surface area contributed by atoms with Gasteiger partial charge in [0.25, 0.3) is 5.91 Å². The topological polar surface area (TPSA) is 71.2 Å². The zero-order valence-corrected chi connectivity index (χ0v) is 14.8. The fourth-order valence-electron chi connectivity index (χ4n) is 3.06. The molecule has 0 saturated carbocycles. The summed E-state index contributed by atoms with van der Waals surface area (Å²) in [6.45, 7) is 5.91. The predicted molar refractivity (Wildman–Crippen MR) is 98.1 cm³/mol. The molecular weight excluding hydrogens is 320 g/mol. The molecule has 6 heteroatoms. The van der Waals surface area contributed by atoms with Crippen molar-refractivity contribution in [1.82, 2.24) is 9.88 Å². The van der Waals surface area contributed by atoms with Crippen LogP contribution < -0.4 is 11.1 Å². The van der Waals surface area contributed by atoms with Crippen molar-refractivity contribution in [2.75, 3.05) is 18.4 Å². The molecule has 0 bridgehead atoms. The summed E-state index contributed by atoms with van der Waals surface area (Å²) in [4.78, 5) is 19.3. The van der Waals surface area contributed by atoms with Crippen LogP contribution in [0.15, 0.2) is 29.6 Å². The average Bonchev–Trinajstić information content (AvgIpc) is 3.02. The second-order valence-corrected chi connectivity index (χ2v) is 7.34. The van der Waals surface area contributed by atoms with E-state index in [9.17, 15) is 4.79 Å². The number of anilines is 1. The highest BCUT2D eigenvalue weighted by Crippen LogP contribution is 2.21. The van der Waals surface area contributed by atoms with Crippen molar-refractivity contribution in [3.05, 3.63) is 46.5 Å². The Kier molecular flexibility index (Phi) is 5.60. The van der Waals surface area contributed by atoms with Crippen LogP contribution in [0.4, 0.5) is 5.13 Å². The van der Waals surface area contributed by atoms with E-state index in [2.05, 4.69) is 22.1 Å². The van der Waals surface area contributed by atoms with Gasteiger partial charge in [0.2, 0.25) is 0 Å². The lowest BCUT2D eigenvalue weighted by atomic mass is 10.0. The normalized spacial score (nSPS) is 18.5. The maximum Gasteiger partial charge on any atom is 0.257 e. The first kappa shape index (κ1) is 17.1. The smallest absolute Gasteiger partial charge is 0.257 e. The Balaban J connectivity index is 1.57. The molecule has 1 atom stereocenters. The van der Waals surface area contributed by atoms with Crippen LogP contribution in [-0.4, -0.2) is 28.9 Å². The Morgan fingerprint density at radius 1 is 1.42 bits per heavy atom. The number of nitrogens with one attached hydrogen (secondary N) is 1. The SMILES string of the molecule is CC1CCCN(Cc2csc(NC(=O)c3ccc(CN)cc3)n2)C1. The standard InChI is InChI=1S/C18H24N4OS/c1-13-3-2-8-22(10-13)11-16-12-24-18(20-16)21-17(23)15-6-4-14(9-19)5-7-15/h4-7,12-13H,2-3,8-11,19H2,1H3,(H,20,21,23). The highest BCUT2D eigenvalue weighted by atomic mass is 32.1. The van der Waals surface area contributed by atoms with Gasteiger partial charge in [-0.25, -0.2) is 4.98 Å². The van der Waals surface area contributed by atoms with Crippen LogP contribution >= 0.6 is 11.3 Å². The monoisotopic (exact) mass is 344 g/mol. The summed E-state index contributed by atoms with van der Waals surface area (Å²) in [7, 11) is 0. The summed E-state index contributed by atoms with van der Waals surface area (Å²) in [5, 5.41) is 5.57. The van der Waals surface area contributed by atoms with Crippen LogP contribution in [0.1, 0.15) is 41.4 Å². The second kappa shape index (κ2) is 7.88. The van der Waals surface area contributed by atoms with Gasteiger partial charge in [0.1, 0.15) is 0 Å². The van der Waals surface area contributed by atoms with Crippen molar-refractivity contribution in [3.63, 3.8) is 0 Å². The number of piperidine rings is 1. The fraction of sp³-hybridized carbons (Fsp3) is 0.444. The molecule has 24 heavy (non-hydrogen) atoms. The van der Waals surface area contributed by atoms with Crippen molar-refractivity contribution in [2.45, 2.75) is 32.9 Å². The number of carbonyl (C=O) groups is 1. The van der Waals surface area contributed by atoms with Gasteiger partial charge in [0.15, 0.2) is 5.13 Å². The number of hydrogen-bond donors (Lipinski definition) is 2. The van der Waals surface area contributed by atoms with E-state index in [0.717, 1.165) is 36.8 Å². The third-order valence-electron chi connectivity index (χ3n) is 4.35. The number of carbonyl (C=O) groups excluding carboxylic acids is 1. The zero-order valence-electron chi connectivity index (χ0n) is 14.0. The molecule has 1 fully saturated rings. The summed E-state index contributed by atoms with van der Waals surface area (Å²) in [5.74, 6) is 0.624. The summed E-state index contributed by atoms with van der Waals surface area (Å²) in [6, 6.07) is 7.34. The number of likely N-dealkylation sites (tertiary alicyclic amines) is 1. The van der Waals surface area contributed by atoms with E-state index in [1.165, 1.54) is 24.2 Å². The van der Waals surface area contributed by atoms with Crippen LogP contribution in [0.25, 0.3) is 0 Å². The van der Waals surface area contributed by atoms with Crippen molar-refractivity contribution in [2.24, 2.45) is 11.7 Å². The van der Waals surface area contributed by atoms with Crippen molar-refractivity contribution < 1.29 is 4.79 Å². The van der Waals surface area contributed by atoms with Crippen LogP contribution in [-0.2, 0) is 13.1 Å². The first-order chi connectivity index (χ1) is 11.6. The van der Waals surface area contributed by atoms with Gasteiger partial charge in [-0.2, -0.15) is 0 Å². The van der Waals surface area contributed by atoms with Gasteiger partial charge in [0, 0.05) is 30.6 Å². The molecule has 5 nitrogen and oxygen atoms in total. The molecule has 1 amide bonds. The zero-order chi connectivity index (χ0) is 16.9. The van der Waals surface area contributed by atoms with Gasteiger partial charge < -0.3 is 5.73 Å². The highest BCUT2D eigenvalue weighted by Gasteiger charge is 2.17. The Bertz CT molecular complexity index is 683. The molecule has 1 aromatic carbocycles. The molecule has 0 spiro atoms. The molecule has 2 aromatic rings. The van der Waals surface area contributed by atoms with Gasteiger partial charge in [-0.1, -0.05) is 19.1 Å². The Labute approximate surface area is 146 Å². The number of amides is 1. The Morgan fingerprint density at radius 3 is 2.92 bits per heavy atom. The highest BCUT2D eigenvalue weighted by molar-refractivity contribution is 7.13. The predicted octanol–water partition coefficient (Wildman–Crippen LogP) is 3.09. The van der Waals surface area contributed by atoms with Gasteiger partial charge in [-0.05, 0) is 43.0 Å². The van der Waals surface area contributed by atoms with E-state index in [1.807, 2.05) is 17.5 Å². The Morgan fingerprint density at radius 2 is 2.21 bits per heavy atom. The minimum atomic E-state index is -0.133. The average molecular weight is 344 g/mol. The molecule has 0 radical (unpaired) electrons. The van der Waals surface area contributed by atoms with Gasteiger partial charge in [-0.15, -0.1) is 11.3 Å². The number of nitrogens with two attached hydrogens (primary N) is 1. The molecule has 1 saturated heterocycles. The van der Waals surface area contributed by atoms with Crippen LogP contribution in [0.2, 0.25) is 0 Å². The van der Waals surface area contributed by atoms with Crippen LogP contribution in [0.3, 0.4) is 0 Å². The molecular formula is C18H24N4OS. The van der Waals surface area contributed by atoms with E-state index in [-0.39, 0.29) is 5.91 Å². The van der Waals surface area contributed by atoms with Gasteiger partial charge in [-0.3, -0.25) is 15.0 Å². The van der Waals surface area contributed by atoms with E-state index in [4.69, 9.17) is 5.73 Å². The van der Waals surface area contributed by atoms with E-state index >= 15 is 0 Å². The minimum absolute atomic E-state index is 0.133. The van der Waals surface area contributed by atoms with Crippen LogP contribution in [0.5, 0.6) is 0 Å². The molecule has 1 unspecified atom stereocenters. The summed E-state index contributed by atoms with van der Waals surface area (Å²) in [5.41, 5.74) is 8.24.